The van der Waals surface area contributed by atoms with Gasteiger partial charge in [-0.15, -0.1) is 11.3 Å². The van der Waals surface area contributed by atoms with E-state index in [2.05, 4.69) is 282 Å². The highest BCUT2D eigenvalue weighted by Gasteiger charge is 2.46. The summed E-state index contributed by atoms with van der Waals surface area (Å²) < 4.78 is 4.93. The average molecular weight is 986 g/mol. The van der Waals surface area contributed by atoms with Crippen molar-refractivity contribution in [1.82, 2.24) is 9.55 Å². The van der Waals surface area contributed by atoms with Crippen LogP contribution >= 0.6 is 11.3 Å². The first-order valence-corrected chi connectivity index (χ1v) is 26.8. The van der Waals surface area contributed by atoms with E-state index in [9.17, 15) is 0 Å². The summed E-state index contributed by atoms with van der Waals surface area (Å²) in [5, 5.41) is 4.88. The van der Waals surface area contributed by atoms with Gasteiger partial charge < -0.3 is 9.47 Å². The second-order valence-corrected chi connectivity index (χ2v) is 20.8. The van der Waals surface area contributed by atoms with E-state index < -0.39 is 5.41 Å². The lowest BCUT2D eigenvalue weighted by Gasteiger charge is -2.35. The topological polar surface area (TPSA) is 21.1 Å². The summed E-state index contributed by atoms with van der Waals surface area (Å²) in [5.41, 5.74) is 20.5. The molecule has 0 bridgehead atoms. The first-order valence-electron chi connectivity index (χ1n) is 26.0. The van der Waals surface area contributed by atoms with Gasteiger partial charge in [0.1, 0.15) is 0 Å². The fourth-order valence-corrected chi connectivity index (χ4v) is 13.7. The number of thiophene rings is 1. The van der Waals surface area contributed by atoms with E-state index in [0.717, 1.165) is 39.5 Å². The summed E-state index contributed by atoms with van der Waals surface area (Å²) in [6.45, 7) is 0. The molecule has 0 fully saturated rings. The second-order valence-electron chi connectivity index (χ2n) is 19.8. The van der Waals surface area contributed by atoms with Gasteiger partial charge in [-0.1, -0.05) is 200 Å². The minimum Gasteiger partial charge on any atom is -0.310 e. The maximum absolute atomic E-state index is 5.09. The third kappa shape index (κ3) is 6.85. The molecular formula is C72H47N3S. The summed E-state index contributed by atoms with van der Waals surface area (Å²) in [6, 6.07) is 102. The normalized spacial score (nSPS) is 12.6. The Morgan fingerprint density at radius 1 is 0.368 bits per heavy atom. The SMILES string of the molecule is c1ccc(-c2ccc(N(c3ccc4c(c3)C(c3ccccc3)(c3ccccc3)c3ccccc3-4)c3ccc4sc5c(c(-c6ccccn6)cc6c5c5ccc(-c7ccccc7)cc5n6-c5ccccc5)c4c3)cc2)cc1. The first-order chi connectivity index (χ1) is 37.7. The molecule has 1 aliphatic carbocycles. The van der Waals surface area contributed by atoms with Crippen LogP contribution in [-0.2, 0) is 5.41 Å². The van der Waals surface area contributed by atoms with Crippen LogP contribution in [-0.4, -0.2) is 9.55 Å². The predicted octanol–water partition coefficient (Wildman–Crippen LogP) is 19.4. The van der Waals surface area contributed by atoms with Gasteiger partial charge in [0.05, 0.1) is 22.1 Å². The standard InChI is InChI=1S/C72H47N3S/c1-6-20-48(21-7-1)50-33-36-55(37-34-50)74(57-38-41-59-58-30-16-17-31-63(58)72(64(59)46-57,52-24-10-3-11-25-52)53-26-12-4-13-27-53)56-39-42-68-62(45-56)69-61(65-32-18-19-43-73-65)47-67-70(71(69)76-68)60-40-35-51(49-22-8-2-9-23-49)44-66(60)75(67)54-28-14-5-15-29-54/h1-47H. The maximum Gasteiger partial charge on any atom is 0.0714 e. The largest absolute Gasteiger partial charge is 0.310 e. The summed E-state index contributed by atoms with van der Waals surface area (Å²) in [7, 11) is 0. The quantitative estimate of drug-likeness (QED) is 0.144. The van der Waals surface area contributed by atoms with Crippen LogP contribution in [0.4, 0.5) is 17.1 Å². The number of nitrogens with zero attached hydrogens (tertiary/aromatic N) is 3. The molecule has 3 aromatic heterocycles. The van der Waals surface area contributed by atoms with Crippen LogP contribution in [0.5, 0.6) is 0 Å². The van der Waals surface area contributed by atoms with Gasteiger partial charge in [-0.05, 0) is 134 Å². The Kier molecular flexibility index (Phi) is 10.3. The minimum atomic E-state index is -0.551. The van der Waals surface area contributed by atoms with Crippen molar-refractivity contribution in [3.63, 3.8) is 0 Å². The van der Waals surface area contributed by atoms with Gasteiger partial charge >= 0.3 is 0 Å². The average Bonchev–Trinajstić information content (AvgIpc) is 4.17. The van der Waals surface area contributed by atoms with Crippen LogP contribution < -0.4 is 4.90 Å². The zero-order chi connectivity index (χ0) is 50.2. The maximum atomic E-state index is 5.09. The lowest BCUT2D eigenvalue weighted by atomic mass is 9.67. The van der Waals surface area contributed by atoms with Crippen molar-refractivity contribution in [3.05, 3.63) is 308 Å². The Labute approximate surface area is 445 Å². The molecule has 3 nitrogen and oxygen atoms in total. The summed E-state index contributed by atoms with van der Waals surface area (Å²) in [6.07, 6.45) is 1.92. The Balaban J connectivity index is 1.00. The lowest BCUT2D eigenvalue weighted by Crippen LogP contribution is -2.28. The van der Waals surface area contributed by atoms with Gasteiger partial charge in [-0.3, -0.25) is 4.98 Å². The van der Waals surface area contributed by atoms with Crippen molar-refractivity contribution in [1.29, 1.82) is 0 Å². The second kappa shape index (κ2) is 17.8. The fraction of sp³-hybridized carbons (Fsp3) is 0.0139. The molecule has 0 N–H and O–H groups in total. The predicted molar refractivity (Wildman–Crippen MR) is 320 cm³/mol. The van der Waals surface area contributed by atoms with Gasteiger partial charge in [0.2, 0.25) is 0 Å². The number of para-hydroxylation sites is 1. The zero-order valence-electron chi connectivity index (χ0n) is 41.4. The highest BCUT2D eigenvalue weighted by Crippen LogP contribution is 2.58. The van der Waals surface area contributed by atoms with Crippen LogP contribution in [0.1, 0.15) is 22.3 Å². The molecule has 0 aliphatic heterocycles. The summed E-state index contributed by atoms with van der Waals surface area (Å²) >= 11 is 1.88. The van der Waals surface area contributed by atoms with Gasteiger partial charge in [0.15, 0.2) is 0 Å². The number of pyridine rings is 1. The Bertz CT molecular complexity index is 4430. The summed E-state index contributed by atoms with van der Waals surface area (Å²) in [5.74, 6) is 0. The van der Waals surface area contributed by atoms with Crippen LogP contribution in [0.2, 0.25) is 0 Å². The van der Waals surface area contributed by atoms with E-state index in [1.54, 1.807) is 0 Å². The van der Waals surface area contributed by atoms with Gasteiger partial charge in [0.25, 0.3) is 0 Å². The zero-order valence-corrected chi connectivity index (χ0v) is 42.2. The highest BCUT2D eigenvalue weighted by molar-refractivity contribution is 7.27. The molecule has 0 saturated heterocycles. The smallest absolute Gasteiger partial charge is 0.0714 e. The molecule has 0 spiro atoms. The molecule has 76 heavy (non-hydrogen) atoms. The number of benzene rings is 11. The molecule has 1 aliphatic rings. The molecule has 356 valence electrons. The first kappa shape index (κ1) is 43.9. The molecule has 0 atom stereocenters. The van der Waals surface area contributed by atoms with Crippen molar-refractivity contribution >= 4 is 70.4 Å². The van der Waals surface area contributed by atoms with Crippen LogP contribution in [0.25, 0.3) is 92.3 Å². The lowest BCUT2D eigenvalue weighted by molar-refractivity contribution is 0.768. The molecule has 0 saturated carbocycles. The van der Waals surface area contributed by atoms with Crippen LogP contribution in [0.3, 0.4) is 0 Å². The molecule has 15 rings (SSSR count). The van der Waals surface area contributed by atoms with Crippen LogP contribution in [0, 0.1) is 0 Å². The van der Waals surface area contributed by atoms with E-state index in [1.165, 1.54) is 92.1 Å². The molecule has 3 heterocycles. The monoisotopic (exact) mass is 985 g/mol. The molecule has 0 amide bonds. The van der Waals surface area contributed by atoms with Crippen LogP contribution in [0.15, 0.2) is 285 Å². The number of hydrogen-bond donors (Lipinski definition) is 0. The number of fused-ring (bicyclic) bond motifs is 10. The molecule has 0 unspecified atom stereocenters. The van der Waals surface area contributed by atoms with E-state index in [1.807, 2.05) is 23.6 Å². The van der Waals surface area contributed by atoms with Gasteiger partial charge in [-0.2, -0.15) is 0 Å². The molecule has 14 aromatic rings. The molecular weight excluding hydrogens is 939 g/mol. The van der Waals surface area contributed by atoms with Crippen molar-refractivity contribution < 1.29 is 0 Å². The number of hydrogen-bond acceptors (Lipinski definition) is 3. The Morgan fingerprint density at radius 3 is 1.63 bits per heavy atom. The van der Waals surface area contributed by atoms with E-state index >= 15 is 0 Å². The van der Waals surface area contributed by atoms with E-state index in [4.69, 9.17) is 4.98 Å². The summed E-state index contributed by atoms with van der Waals surface area (Å²) in [4.78, 5) is 7.55. The number of rotatable bonds is 9. The van der Waals surface area contributed by atoms with Crippen molar-refractivity contribution in [3.8, 4) is 50.3 Å². The van der Waals surface area contributed by atoms with Crippen molar-refractivity contribution in [2.75, 3.05) is 4.90 Å². The minimum absolute atomic E-state index is 0.551. The van der Waals surface area contributed by atoms with E-state index in [-0.39, 0.29) is 0 Å². The molecule has 4 heteroatoms. The van der Waals surface area contributed by atoms with Crippen molar-refractivity contribution in [2.45, 2.75) is 5.41 Å². The Morgan fingerprint density at radius 2 is 0.934 bits per heavy atom. The number of anilines is 3. The van der Waals surface area contributed by atoms with Gasteiger partial charge in [-0.25, -0.2) is 0 Å². The molecule has 11 aromatic carbocycles. The van der Waals surface area contributed by atoms with Gasteiger partial charge in [0, 0.05) is 65.5 Å². The number of aromatic nitrogens is 2. The Hall–Kier alpha value is -9.61. The third-order valence-corrected chi connectivity index (χ3v) is 16.9. The third-order valence-electron chi connectivity index (χ3n) is 15.7. The van der Waals surface area contributed by atoms with Crippen molar-refractivity contribution in [2.24, 2.45) is 0 Å². The fourth-order valence-electron chi connectivity index (χ4n) is 12.4. The van der Waals surface area contributed by atoms with E-state index in [0.29, 0.717) is 0 Å². The highest BCUT2D eigenvalue weighted by atomic mass is 32.1. The molecule has 0 radical (unpaired) electrons.